The molecule has 5 aromatic carbocycles. The van der Waals surface area contributed by atoms with Gasteiger partial charge in [0.1, 0.15) is 0 Å². The zero-order valence-corrected chi connectivity index (χ0v) is 19.7. The molecule has 2 heteroatoms. The molecule has 164 valence electrons. The van der Waals surface area contributed by atoms with Crippen molar-refractivity contribution in [1.82, 2.24) is 0 Å². The van der Waals surface area contributed by atoms with Gasteiger partial charge in [-0.2, -0.15) is 0 Å². The van der Waals surface area contributed by atoms with Crippen molar-refractivity contribution in [3.05, 3.63) is 149 Å². The van der Waals surface area contributed by atoms with Crippen molar-refractivity contribution in [1.29, 1.82) is 0 Å². The van der Waals surface area contributed by atoms with Gasteiger partial charge in [0.15, 0.2) is 0 Å². The molecule has 5 aromatic rings. The van der Waals surface area contributed by atoms with E-state index in [1.807, 2.05) is 6.07 Å². The lowest BCUT2D eigenvalue weighted by Gasteiger charge is -2.30. The zero-order chi connectivity index (χ0) is 23.1. The van der Waals surface area contributed by atoms with Crippen LogP contribution in [0.5, 0.6) is 0 Å². The van der Waals surface area contributed by atoms with Crippen molar-refractivity contribution in [2.24, 2.45) is 0 Å². The Kier molecular flexibility index (Phi) is 5.01. The number of fused-ring (bicyclic) bond motifs is 3. The van der Waals surface area contributed by atoms with Crippen molar-refractivity contribution in [3.63, 3.8) is 0 Å². The largest absolute Gasteiger partial charge is 0.310 e. The Labute approximate surface area is 205 Å². The summed E-state index contributed by atoms with van der Waals surface area (Å²) in [5, 5.41) is 0.762. The van der Waals surface area contributed by atoms with E-state index in [1.165, 1.54) is 27.8 Å². The van der Waals surface area contributed by atoms with Crippen LogP contribution in [0.4, 0.5) is 17.1 Å². The molecule has 1 unspecified atom stereocenters. The summed E-state index contributed by atoms with van der Waals surface area (Å²) in [5.74, 6) is 0. The summed E-state index contributed by atoms with van der Waals surface area (Å²) in [6.45, 7) is 2.32. The first-order valence-electron chi connectivity index (χ1n) is 11.6. The van der Waals surface area contributed by atoms with E-state index in [-0.39, 0.29) is 5.41 Å². The summed E-state index contributed by atoms with van der Waals surface area (Å²) in [6.07, 6.45) is 0. The van der Waals surface area contributed by atoms with Crippen LogP contribution in [-0.4, -0.2) is 0 Å². The van der Waals surface area contributed by atoms with Crippen molar-refractivity contribution < 1.29 is 0 Å². The minimum atomic E-state index is -0.300. The molecule has 0 N–H and O–H groups in total. The minimum absolute atomic E-state index is 0.300. The van der Waals surface area contributed by atoms with Crippen LogP contribution in [0, 0.1) is 0 Å². The second-order valence-corrected chi connectivity index (χ2v) is 9.32. The lowest BCUT2D eigenvalue weighted by molar-refractivity contribution is 0.714. The van der Waals surface area contributed by atoms with Gasteiger partial charge in [0.05, 0.1) is 5.69 Å². The lowest BCUT2D eigenvalue weighted by atomic mass is 9.74. The molecule has 0 saturated heterocycles. The van der Waals surface area contributed by atoms with E-state index in [0.717, 1.165) is 22.1 Å². The molecule has 1 nitrogen and oxygen atoms in total. The molecule has 34 heavy (non-hydrogen) atoms. The van der Waals surface area contributed by atoms with Crippen molar-refractivity contribution in [3.8, 4) is 11.1 Å². The van der Waals surface area contributed by atoms with Crippen LogP contribution in [0.1, 0.15) is 23.6 Å². The number of benzene rings is 5. The monoisotopic (exact) mass is 457 g/mol. The Hall–Kier alpha value is -3.81. The van der Waals surface area contributed by atoms with E-state index in [1.54, 1.807) is 0 Å². The summed E-state index contributed by atoms with van der Waals surface area (Å²) < 4.78 is 0. The molecule has 0 amide bonds. The average Bonchev–Trinajstić information content (AvgIpc) is 3.15. The van der Waals surface area contributed by atoms with E-state index in [4.69, 9.17) is 11.6 Å². The summed E-state index contributed by atoms with van der Waals surface area (Å²) in [6, 6.07) is 44.9. The Morgan fingerprint density at radius 2 is 1.18 bits per heavy atom. The number of anilines is 3. The van der Waals surface area contributed by atoms with Gasteiger partial charge in [-0.3, -0.25) is 0 Å². The Morgan fingerprint density at radius 3 is 1.79 bits per heavy atom. The molecule has 0 heterocycles. The highest BCUT2D eigenvalue weighted by atomic mass is 35.5. The minimum Gasteiger partial charge on any atom is -0.310 e. The molecule has 0 radical (unpaired) electrons. The molecule has 1 aliphatic rings. The molecule has 0 saturated carbocycles. The van der Waals surface area contributed by atoms with Crippen LogP contribution < -0.4 is 4.90 Å². The van der Waals surface area contributed by atoms with Gasteiger partial charge in [0.2, 0.25) is 0 Å². The van der Waals surface area contributed by atoms with Gasteiger partial charge in [-0.05, 0) is 71.6 Å². The number of hydrogen-bond acceptors (Lipinski definition) is 1. The van der Waals surface area contributed by atoms with Crippen molar-refractivity contribution in [2.45, 2.75) is 12.3 Å². The predicted octanol–water partition coefficient (Wildman–Crippen LogP) is 9.14. The standard InChI is InChI=1S/C32H24ClN/c1-32(23-12-5-2-6-13-23)28-18-11-19-30(31(28)27-21-20-24(33)22-29(27)32)34(25-14-7-3-8-15-25)26-16-9-4-10-17-26/h2-22H,1H3. The van der Waals surface area contributed by atoms with Crippen LogP contribution in [0.25, 0.3) is 11.1 Å². The third kappa shape index (κ3) is 3.16. The second kappa shape index (κ2) is 8.20. The van der Waals surface area contributed by atoms with Crippen LogP contribution >= 0.6 is 11.6 Å². The van der Waals surface area contributed by atoms with E-state index in [2.05, 4.69) is 133 Å². The average molecular weight is 458 g/mol. The molecular weight excluding hydrogens is 434 g/mol. The quantitative estimate of drug-likeness (QED) is 0.260. The Morgan fingerprint density at radius 1 is 0.588 bits per heavy atom. The first-order chi connectivity index (χ1) is 16.7. The number of rotatable bonds is 4. The molecule has 6 rings (SSSR count). The van der Waals surface area contributed by atoms with E-state index >= 15 is 0 Å². The SMILES string of the molecule is CC1(c2ccccc2)c2cc(Cl)ccc2-c2c(N(c3ccccc3)c3ccccc3)cccc21. The Bertz CT molecular complexity index is 1420. The van der Waals surface area contributed by atoms with Gasteiger partial charge < -0.3 is 4.90 Å². The highest BCUT2D eigenvalue weighted by Crippen LogP contribution is 2.57. The highest BCUT2D eigenvalue weighted by Gasteiger charge is 2.42. The first kappa shape index (κ1) is 20.8. The summed E-state index contributed by atoms with van der Waals surface area (Å²) >= 11 is 6.56. The van der Waals surface area contributed by atoms with Gasteiger partial charge in [0.25, 0.3) is 0 Å². The topological polar surface area (TPSA) is 3.24 Å². The number of nitrogens with zero attached hydrogens (tertiary/aromatic N) is 1. The summed E-state index contributed by atoms with van der Waals surface area (Å²) in [7, 11) is 0. The number of hydrogen-bond donors (Lipinski definition) is 0. The number of halogens is 1. The van der Waals surface area contributed by atoms with E-state index < -0.39 is 0 Å². The fraction of sp³-hybridized carbons (Fsp3) is 0.0625. The van der Waals surface area contributed by atoms with Gasteiger partial charge in [0, 0.05) is 27.4 Å². The zero-order valence-electron chi connectivity index (χ0n) is 18.9. The molecule has 1 aliphatic carbocycles. The van der Waals surface area contributed by atoms with Crippen molar-refractivity contribution in [2.75, 3.05) is 4.90 Å². The molecule has 0 spiro atoms. The molecular formula is C32H24ClN. The first-order valence-corrected chi connectivity index (χ1v) is 12.0. The maximum Gasteiger partial charge on any atom is 0.0543 e. The third-order valence-electron chi connectivity index (χ3n) is 6.99. The fourth-order valence-corrected chi connectivity index (χ4v) is 5.56. The van der Waals surface area contributed by atoms with Crippen LogP contribution in [0.15, 0.2) is 127 Å². The predicted molar refractivity (Wildman–Crippen MR) is 144 cm³/mol. The van der Waals surface area contributed by atoms with E-state index in [9.17, 15) is 0 Å². The molecule has 0 bridgehead atoms. The Balaban J connectivity index is 1.68. The second-order valence-electron chi connectivity index (χ2n) is 8.89. The van der Waals surface area contributed by atoms with E-state index in [0.29, 0.717) is 0 Å². The van der Waals surface area contributed by atoms with Gasteiger partial charge in [-0.1, -0.05) is 96.5 Å². The third-order valence-corrected chi connectivity index (χ3v) is 7.23. The molecule has 0 aliphatic heterocycles. The smallest absolute Gasteiger partial charge is 0.0543 e. The lowest BCUT2D eigenvalue weighted by Crippen LogP contribution is -2.22. The fourth-order valence-electron chi connectivity index (χ4n) is 5.38. The van der Waals surface area contributed by atoms with Crippen LogP contribution in [0.2, 0.25) is 5.02 Å². The summed E-state index contributed by atoms with van der Waals surface area (Å²) in [5.41, 5.74) is 9.42. The maximum atomic E-state index is 6.56. The van der Waals surface area contributed by atoms with Gasteiger partial charge in [-0.25, -0.2) is 0 Å². The highest BCUT2D eigenvalue weighted by molar-refractivity contribution is 6.30. The summed E-state index contributed by atoms with van der Waals surface area (Å²) in [4.78, 5) is 2.36. The molecule has 1 atom stereocenters. The number of para-hydroxylation sites is 2. The van der Waals surface area contributed by atoms with Crippen molar-refractivity contribution >= 4 is 28.7 Å². The van der Waals surface area contributed by atoms with Gasteiger partial charge in [-0.15, -0.1) is 0 Å². The van der Waals surface area contributed by atoms with Gasteiger partial charge >= 0.3 is 0 Å². The molecule has 0 aromatic heterocycles. The normalized spacial score (nSPS) is 16.1. The molecule has 0 fully saturated rings. The van der Waals surface area contributed by atoms with Crippen LogP contribution in [0.3, 0.4) is 0 Å². The maximum absolute atomic E-state index is 6.56. The van der Waals surface area contributed by atoms with Crippen LogP contribution in [-0.2, 0) is 5.41 Å².